The van der Waals surface area contributed by atoms with Crippen LogP contribution in [0, 0.1) is 5.92 Å². The van der Waals surface area contributed by atoms with E-state index in [1.165, 1.54) is 24.3 Å². The van der Waals surface area contributed by atoms with Crippen molar-refractivity contribution in [2.24, 2.45) is 5.92 Å². The first-order chi connectivity index (χ1) is 17.4. The summed E-state index contributed by atoms with van der Waals surface area (Å²) in [5.74, 6) is -0.168. The van der Waals surface area contributed by atoms with Crippen LogP contribution in [-0.2, 0) is 19.6 Å². The van der Waals surface area contributed by atoms with Gasteiger partial charge in [-0.2, -0.15) is 0 Å². The molecule has 0 aliphatic heterocycles. The third-order valence-electron chi connectivity index (χ3n) is 5.42. The normalized spacial score (nSPS) is 12.5. The summed E-state index contributed by atoms with van der Waals surface area (Å²) in [5, 5.41) is 9.48. The highest BCUT2D eigenvalue weighted by molar-refractivity contribution is 7.89. The lowest BCUT2D eigenvalue weighted by molar-refractivity contribution is -0.137. The Morgan fingerprint density at radius 2 is 1.78 bits per heavy atom. The fraction of sp³-hybridized carbons (Fsp3) is 0.500. The molecule has 1 heterocycles. The Kier molecular flexibility index (Phi) is 11.6. The number of aliphatic carboxylic acids is 1. The number of amides is 1. The first-order valence-electron chi connectivity index (χ1n) is 12.1. The molecule has 0 unspecified atom stereocenters. The maximum Gasteiger partial charge on any atom is 0.424 e. The van der Waals surface area contributed by atoms with E-state index in [4.69, 9.17) is 26.2 Å². The van der Waals surface area contributed by atoms with E-state index in [-0.39, 0.29) is 23.8 Å². The monoisotopic (exact) mass is 554 g/mol. The summed E-state index contributed by atoms with van der Waals surface area (Å²) >= 11 is 5.89. The van der Waals surface area contributed by atoms with Crippen LogP contribution in [0.3, 0.4) is 0 Å². The van der Waals surface area contributed by atoms with Crippen LogP contribution in [0.25, 0.3) is 0 Å². The van der Waals surface area contributed by atoms with Gasteiger partial charge in [0.2, 0.25) is 0 Å². The van der Waals surface area contributed by atoms with E-state index in [1.54, 1.807) is 45.3 Å². The smallest absolute Gasteiger partial charge is 0.424 e. The van der Waals surface area contributed by atoms with Gasteiger partial charge in [0.25, 0.3) is 10.0 Å². The van der Waals surface area contributed by atoms with Crippen molar-refractivity contribution in [1.82, 2.24) is 9.29 Å². The van der Waals surface area contributed by atoms with Gasteiger partial charge in [-0.05, 0) is 82.3 Å². The van der Waals surface area contributed by atoms with Gasteiger partial charge in [0.05, 0.1) is 17.7 Å². The number of rotatable bonds is 14. The summed E-state index contributed by atoms with van der Waals surface area (Å²) in [6.45, 7) is 5.33. The summed E-state index contributed by atoms with van der Waals surface area (Å²) in [6.07, 6.45) is 5.10. The van der Waals surface area contributed by atoms with Crippen molar-refractivity contribution in [2.75, 3.05) is 13.2 Å². The molecule has 0 saturated heterocycles. The average Bonchev–Trinajstić information content (AvgIpc) is 2.81. The molecular weight excluding hydrogens is 520 g/mol. The van der Waals surface area contributed by atoms with Crippen molar-refractivity contribution in [3.05, 3.63) is 53.8 Å². The number of aromatic nitrogens is 1. The molecule has 1 aromatic carbocycles. The standard InChI is InChI=1S/C26H35ClN2O7S/c1-26(2,3)36-25(32)29(37(33,34)23-12-10-21(27)11-13-23)17-5-4-7-20(9-14-24(30)31)15-18-35-22-8-6-16-28-19-22/h6,8,10-13,16,19-20H,4-5,7,9,14-15,17-18H2,1-3H3,(H,30,31)/t20-/m0/s1. The van der Waals surface area contributed by atoms with Crippen molar-refractivity contribution in [2.45, 2.75) is 69.8 Å². The van der Waals surface area contributed by atoms with Crippen LogP contribution >= 0.6 is 11.6 Å². The Balaban J connectivity index is 2.02. The first kappa shape index (κ1) is 30.4. The highest BCUT2D eigenvalue weighted by atomic mass is 35.5. The van der Waals surface area contributed by atoms with Crippen LogP contribution in [0.15, 0.2) is 53.7 Å². The van der Waals surface area contributed by atoms with Gasteiger partial charge in [0.15, 0.2) is 0 Å². The maximum atomic E-state index is 13.2. The first-order valence-corrected chi connectivity index (χ1v) is 14.0. The third-order valence-corrected chi connectivity index (χ3v) is 7.45. The lowest BCUT2D eigenvalue weighted by Crippen LogP contribution is -2.41. The third kappa shape index (κ3) is 11.0. The Morgan fingerprint density at radius 1 is 1.08 bits per heavy atom. The molecule has 2 rings (SSSR count). The number of carboxylic acids is 1. The molecule has 0 saturated carbocycles. The van der Waals surface area contributed by atoms with Crippen molar-refractivity contribution >= 4 is 33.7 Å². The molecular formula is C26H35ClN2O7S. The zero-order valence-electron chi connectivity index (χ0n) is 21.4. The molecule has 1 atom stereocenters. The minimum Gasteiger partial charge on any atom is -0.492 e. The number of benzene rings is 1. The molecule has 0 fully saturated rings. The van der Waals surface area contributed by atoms with Gasteiger partial charge >= 0.3 is 12.1 Å². The second-order valence-electron chi connectivity index (χ2n) is 9.63. The minimum absolute atomic E-state index is 0.0343. The molecule has 1 aromatic heterocycles. The van der Waals surface area contributed by atoms with Gasteiger partial charge in [-0.3, -0.25) is 9.78 Å². The maximum absolute atomic E-state index is 13.2. The fourth-order valence-electron chi connectivity index (χ4n) is 3.58. The van der Waals surface area contributed by atoms with Crippen molar-refractivity contribution in [3.63, 3.8) is 0 Å². The van der Waals surface area contributed by atoms with Crippen LogP contribution in [0.4, 0.5) is 4.79 Å². The lowest BCUT2D eigenvalue weighted by atomic mass is 9.93. The zero-order valence-corrected chi connectivity index (χ0v) is 23.0. The number of sulfonamides is 1. The Bertz CT molecular complexity index is 1100. The van der Waals surface area contributed by atoms with Gasteiger partial charge in [-0.1, -0.05) is 24.4 Å². The second-order valence-corrected chi connectivity index (χ2v) is 11.9. The summed E-state index contributed by atoms with van der Waals surface area (Å²) < 4.78 is 38.3. The van der Waals surface area contributed by atoms with E-state index < -0.39 is 27.7 Å². The van der Waals surface area contributed by atoms with Gasteiger partial charge < -0.3 is 14.6 Å². The summed E-state index contributed by atoms with van der Waals surface area (Å²) in [4.78, 5) is 27.9. The van der Waals surface area contributed by atoms with Gasteiger partial charge in [-0.15, -0.1) is 0 Å². The molecule has 0 bridgehead atoms. The number of halogens is 1. The molecule has 9 nitrogen and oxygen atoms in total. The number of hydrogen-bond acceptors (Lipinski definition) is 7. The van der Waals surface area contributed by atoms with Crippen molar-refractivity contribution in [3.8, 4) is 5.75 Å². The van der Waals surface area contributed by atoms with Crippen LogP contribution < -0.4 is 4.74 Å². The molecule has 2 aromatic rings. The highest BCUT2D eigenvalue weighted by Gasteiger charge is 2.32. The van der Waals surface area contributed by atoms with Crippen LogP contribution in [0.2, 0.25) is 5.02 Å². The number of ether oxygens (including phenoxy) is 2. The Hall–Kier alpha value is -2.85. The average molecular weight is 555 g/mol. The number of hydrogen-bond donors (Lipinski definition) is 1. The Morgan fingerprint density at radius 3 is 2.38 bits per heavy atom. The zero-order chi connectivity index (χ0) is 27.5. The van der Waals surface area contributed by atoms with Crippen LogP contribution in [-0.4, -0.2) is 53.6 Å². The van der Waals surface area contributed by atoms with Crippen molar-refractivity contribution < 1.29 is 32.6 Å². The van der Waals surface area contributed by atoms with Gasteiger partial charge in [0, 0.05) is 24.2 Å². The molecule has 11 heteroatoms. The predicted molar refractivity (Wildman–Crippen MR) is 140 cm³/mol. The number of unbranched alkanes of at least 4 members (excludes halogenated alkanes) is 1. The topological polar surface area (TPSA) is 123 Å². The summed E-state index contributed by atoms with van der Waals surface area (Å²) in [6, 6.07) is 9.15. The molecule has 0 aliphatic carbocycles. The number of pyridine rings is 1. The van der Waals surface area contributed by atoms with Gasteiger partial charge in [0.1, 0.15) is 11.4 Å². The number of carbonyl (C=O) groups excluding carboxylic acids is 1. The number of carboxylic acid groups (broad SMARTS) is 1. The van der Waals surface area contributed by atoms with Gasteiger partial charge in [-0.25, -0.2) is 17.5 Å². The second kappa shape index (κ2) is 14.2. The van der Waals surface area contributed by atoms with E-state index in [2.05, 4.69) is 4.98 Å². The van der Waals surface area contributed by atoms with Crippen LogP contribution in [0.5, 0.6) is 5.75 Å². The molecule has 1 N–H and O–H groups in total. The van der Waals surface area contributed by atoms with Crippen molar-refractivity contribution in [1.29, 1.82) is 0 Å². The minimum atomic E-state index is -4.16. The van der Waals surface area contributed by atoms with Crippen LogP contribution in [0.1, 0.15) is 59.3 Å². The van der Waals surface area contributed by atoms with E-state index in [1.807, 2.05) is 0 Å². The lowest BCUT2D eigenvalue weighted by Gasteiger charge is -2.27. The van der Waals surface area contributed by atoms with E-state index in [0.29, 0.717) is 49.5 Å². The molecule has 37 heavy (non-hydrogen) atoms. The number of carbonyl (C=O) groups is 2. The van der Waals surface area contributed by atoms with E-state index in [0.717, 1.165) is 4.31 Å². The molecule has 0 aliphatic rings. The predicted octanol–water partition coefficient (Wildman–Crippen LogP) is 5.78. The molecule has 1 amide bonds. The summed E-state index contributed by atoms with van der Waals surface area (Å²) in [5.41, 5.74) is -0.874. The Labute approximate surface area is 223 Å². The van der Waals surface area contributed by atoms with E-state index in [9.17, 15) is 18.0 Å². The fourth-order valence-corrected chi connectivity index (χ4v) is 5.04. The number of nitrogens with zero attached hydrogens (tertiary/aromatic N) is 2. The largest absolute Gasteiger partial charge is 0.492 e. The van der Waals surface area contributed by atoms with E-state index >= 15 is 0 Å². The molecule has 0 spiro atoms. The quantitative estimate of drug-likeness (QED) is 0.291. The SMILES string of the molecule is CC(C)(C)OC(=O)N(CCCC[C@H](CCOc1cccnc1)CCC(=O)O)S(=O)(=O)c1ccc(Cl)cc1. The molecule has 204 valence electrons. The summed E-state index contributed by atoms with van der Waals surface area (Å²) in [7, 11) is -4.16. The highest BCUT2D eigenvalue weighted by Crippen LogP contribution is 2.24. The molecule has 0 radical (unpaired) electrons.